The minimum atomic E-state index is -0.800. The largest absolute Gasteiger partial charge is 0.480 e. The molecule has 1 N–H and O–H groups in total. The van der Waals surface area contributed by atoms with E-state index in [0.29, 0.717) is 0 Å². The number of esters is 3. The minimum absolute atomic E-state index is 0.115. The number of hydrogen-bond acceptors (Lipinski definition) is 8. The molecule has 0 aromatic heterocycles. The molecule has 0 aliphatic rings. The van der Waals surface area contributed by atoms with Crippen LogP contribution in [0.4, 0.5) is 0 Å². The Morgan fingerprint density at radius 1 is 0.704 bits per heavy atom. The molecule has 150 valence electrons. The lowest BCUT2D eigenvalue weighted by Crippen LogP contribution is -2.18. The van der Waals surface area contributed by atoms with E-state index in [4.69, 9.17) is 18.9 Å². The van der Waals surface area contributed by atoms with E-state index in [1.54, 1.807) is 27.7 Å². The van der Waals surface area contributed by atoms with Crippen molar-refractivity contribution in [3.63, 3.8) is 0 Å². The topological polar surface area (TPSA) is 108 Å². The molecule has 0 fully saturated rings. The highest BCUT2D eigenvalue weighted by Crippen LogP contribution is 2.09. The van der Waals surface area contributed by atoms with Crippen molar-refractivity contribution in [2.75, 3.05) is 26.4 Å². The molecule has 0 amide bonds. The highest BCUT2D eigenvalue weighted by molar-refractivity contribution is 6.14. The second kappa shape index (κ2) is 14.2. The molecule has 0 aromatic carbocycles. The monoisotopic (exact) mass is 382 g/mol. The molecule has 0 unspecified atom stereocenters. The lowest BCUT2D eigenvalue weighted by Gasteiger charge is -2.06. The number of aliphatic hydroxyl groups is 1. The number of hydrogen-bond donors (Lipinski definition) is 1. The lowest BCUT2D eigenvalue weighted by molar-refractivity contribution is -0.146. The first-order chi connectivity index (χ1) is 12.9. The van der Waals surface area contributed by atoms with Crippen LogP contribution in [-0.2, 0) is 33.3 Å². The molecule has 0 saturated carbocycles. The van der Waals surface area contributed by atoms with E-state index >= 15 is 0 Å². The number of carbonyl (C=O) groups excluding carboxylic acids is 3. The third-order valence-electron chi connectivity index (χ3n) is 2.75. The summed E-state index contributed by atoms with van der Waals surface area (Å²) in [5.74, 6) is -2.91. The molecule has 0 aliphatic carbocycles. The van der Waals surface area contributed by atoms with Crippen molar-refractivity contribution >= 4 is 17.9 Å². The molecular weight excluding hydrogens is 356 g/mol. The summed E-state index contributed by atoms with van der Waals surface area (Å²) >= 11 is 0. The maximum Gasteiger partial charge on any atom is 0.345 e. The van der Waals surface area contributed by atoms with Gasteiger partial charge in [0.25, 0.3) is 5.95 Å². The average molecular weight is 382 g/mol. The van der Waals surface area contributed by atoms with Crippen molar-refractivity contribution in [1.82, 2.24) is 0 Å². The van der Waals surface area contributed by atoms with Gasteiger partial charge in [0.1, 0.15) is 11.1 Å². The van der Waals surface area contributed by atoms with Gasteiger partial charge in [0.2, 0.25) is 0 Å². The van der Waals surface area contributed by atoms with Crippen molar-refractivity contribution in [3.8, 4) is 0 Å². The van der Waals surface area contributed by atoms with Crippen LogP contribution in [-0.4, -0.2) is 49.4 Å². The summed E-state index contributed by atoms with van der Waals surface area (Å²) in [6.07, 6.45) is 6.75. The molecule has 0 aromatic rings. The number of ether oxygens (including phenoxy) is 4. The van der Waals surface area contributed by atoms with Crippen LogP contribution in [0.2, 0.25) is 0 Å². The van der Waals surface area contributed by atoms with E-state index < -0.39 is 23.9 Å². The standard InChI is InChI=1S/C19H26O8/c1-5-24-16(20)14(17(21)25-6-2)12-10-9-11-13-15(18(22)26-7-3)19(23)27-8-4/h9-13,20H,5-8H2,1-4H3/b11-9?,12-10?,16-14-. The van der Waals surface area contributed by atoms with Crippen LogP contribution in [0.15, 0.2) is 47.5 Å². The molecule has 0 spiro atoms. The van der Waals surface area contributed by atoms with Gasteiger partial charge in [-0.1, -0.05) is 18.2 Å². The van der Waals surface area contributed by atoms with Crippen LogP contribution in [0, 0.1) is 0 Å². The molecule has 0 radical (unpaired) electrons. The summed E-state index contributed by atoms with van der Waals surface area (Å²) in [6, 6.07) is 0. The Bertz CT molecular complexity index is 606. The molecule has 0 atom stereocenters. The van der Waals surface area contributed by atoms with E-state index in [0.717, 1.165) is 0 Å². The highest BCUT2D eigenvalue weighted by Gasteiger charge is 2.19. The van der Waals surface area contributed by atoms with E-state index in [2.05, 4.69) is 0 Å². The molecule has 0 aliphatic heterocycles. The third kappa shape index (κ3) is 9.29. The first-order valence-corrected chi connectivity index (χ1v) is 8.55. The molecule has 8 heteroatoms. The second-order valence-electron chi connectivity index (χ2n) is 4.64. The highest BCUT2D eigenvalue weighted by atomic mass is 16.6. The predicted molar refractivity (Wildman–Crippen MR) is 97.5 cm³/mol. The van der Waals surface area contributed by atoms with Gasteiger partial charge in [0.15, 0.2) is 0 Å². The van der Waals surface area contributed by atoms with Crippen LogP contribution in [0.25, 0.3) is 0 Å². The van der Waals surface area contributed by atoms with Gasteiger partial charge < -0.3 is 24.1 Å². The van der Waals surface area contributed by atoms with Crippen LogP contribution in [0.5, 0.6) is 0 Å². The first kappa shape index (κ1) is 24.0. The average Bonchev–Trinajstić information content (AvgIpc) is 2.61. The Morgan fingerprint density at radius 2 is 1.19 bits per heavy atom. The van der Waals surface area contributed by atoms with Crippen molar-refractivity contribution in [3.05, 3.63) is 47.5 Å². The summed E-state index contributed by atoms with van der Waals surface area (Å²) in [5, 5.41) is 9.76. The normalized spacial score (nSPS) is 11.7. The fraction of sp³-hybridized carbons (Fsp3) is 0.421. The third-order valence-corrected chi connectivity index (χ3v) is 2.75. The van der Waals surface area contributed by atoms with Crippen molar-refractivity contribution in [1.29, 1.82) is 0 Å². The first-order valence-electron chi connectivity index (χ1n) is 8.55. The maximum absolute atomic E-state index is 11.8. The summed E-state index contributed by atoms with van der Waals surface area (Å²) < 4.78 is 19.4. The van der Waals surface area contributed by atoms with Gasteiger partial charge in [-0.05, 0) is 39.8 Å². The molecule has 8 nitrogen and oxygen atoms in total. The fourth-order valence-corrected chi connectivity index (χ4v) is 1.65. The maximum atomic E-state index is 11.8. The molecule has 0 rings (SSSR count). The van der Waals surface area contributed by atoms with Crippen molar-refractivity contribution in [2.45, 2.75) is 27.7 Å². The van der Waals surface area contributed by atoms with Gasteiger partial charge in [0, 0.05) is 0 Å². The Labute approximate surface area is 158 Å². The number of rotatable bonds is 11. The van der Waals surface area contributed by atoms with Gasteiger partial charge in [-0.15, -0.1) is 0 Å². The number of allylic oxidation sites excluding steroid dienone is 4. The zero-order valence-electron chi connectivity index (χ0n) is 16.0. The van der Waals surface area contributed by atoms with Gasteiger partial charge in [-0.25, -0.2) is 14.4 Å². The SMILES string of the molecule is CCOC(=O)C(=CC=CC=C/C(C(=O)OCC)=C(\O)OCC)C(=O)OCC. The summed E-state index contributed by atoms with van der Waals surface area (Å²) in [5.41, 5.74) is -0.426. The van der Waals surface area contributed by atoms with E-state index in [9.17, 15) is 19.5 Å². The fourth-order valence-electron chi connectivity index (χ4n) is 1.65. The molecule has 0 bridgehead atoms. The predicted octanol–water partition coefficient (Wildman–Crippen LogP) is 2.52. The zero-order valence-corrected chi connectivity index (χ0v) is 16.0. The van der Waals surface area contributed by atoms with E-state index in [1.165, 1.54) is 30.4 Å². The van der Waals surface area contributed by atoms with Crippen LogP contribution in [0.3, 0.4) is 0 Å². The van der Waals surface area contributed by atoms with Crippen molar-refractivity contribution < 1.29 is 38.4 Å². The van der Waals surface area contributed by atoms with Crippen LogP contribution in [0.1, 0.15) is 27.7 Å². The molecular formula is C19H26O8. The quantitative estimate of drug-likeness (QED) is 0.110. The Kier molecular flexibility index (Phi) is 12.6. The van der Waals surface area contributed by atoms with Crippen molar-refractivity contribution in [2.24, 2.45) is 0 Å². The van der Waals surface area contributed by atoms with Crippen LogP contribution < -0.4 is 0 Å². The Morgan fingerprint density at radius 3 is 1.67 bits per heavy atom. The van der Waals surface area contributed by atoms with Gasteiger partial charge >= 0.3 is 17.9 Å². The molecule has 0 saturated heterocycles. The van der Waals surface area contributed by atoms with E-state index in [1.807, 2.05) is 0 Å². The minimum Gasteiger partial charge on any atom is -0.480 e. The Hall–Kier alpha value is -3.03. The second-order valence-corrected chi connectivity index (χ2v) is 4.64. The van der Waals surface area contributed by atoms with Gasteiger partial charge in [-0.3, -0.25) is 0 Å². The van der Waals surface area contributed by atoms with Crippen LogP contribution >= 0.6 is 0 Å². The summed E-state index contributed by atoms with van der Waals surface area (Å²) in [7, 11) is 0. The number of carbonyl (C=O) groups is 3. The van der Waals surface area contributed by atoms with Gasteiger partial charge in [-0.2, -0.15) is 0 Å². The molecule has 27 heavy (non-hydrogen) atoms. The lowest BCUT2D eigenvalue weighted by atomic mass is 10.2. The molecule has 0 heterocycles. The summed E-state index contributed by atoms with van der Waals surface area (Å²) in [6.45, 7) is 7.06. The van der Waals surface area contributed by atoms with E-state index in [-0.39, 0.29) is 37.6 Å². The summed E-state index contributed by atoms with van der Waals surface area (Å²) in [4.78, 5) is 35.4. The smallest absolute Gasteiger partial charge is 0.345 e. The zero-order chi connectivity index (χ0) is 20.7. The number of aliphatic hydroxyl groups excluding tert-OH is 1. The Balaban J connectivity index is 5.38. The van der Waals surface area contributed by atoms with Gasteiger partial charge in [0.05, 0.1) is 26.4 Å².